The molecule has 20 heavy (non-hydrogen) atoms. The lowest BCUT2D eigenvalue weighted by molar-refractivity contribution is -0.127. The molecule has 0 bridgehead atoms. The van der Waals surface area contributed by atoms with E-state index in [1.165, 1.54) is 0 Å². The smallest absolute Gasteiger partial charge is 0.253 e. The van der Waals surface area contributed by atoms with Gasteiger partial charge in [-0.25, -0.2) is 0 Å². The molecule has 1 N–H and O–H groups in total. The van der Waals surface area contributed by atoms with Crippen LogP contribution in [0, 0.1) is 11.3 Å². The molecule has 1 amide bonds. The molecule has 1 unspecified atom stereocenters. The van der Waals surface area contributed by atoms with Gasteiger partial charge in [0.2, 0.25) is 0 Å². The van der Waals surface area contributed by atoms with Crippen molar-refractivity contribution < 1.29 is 14.3 Å². The molecule has 5 nitrogen and oxygen atoms in total. The Labute approximate surface area is 119 Å². The second kappa shape index (κ2) is 9.08. The third-order valence-corrected chi connectivity index (χ3v) is 2.59. The van der Waals surface area contributed by atoms with Gasteiger partial charge >= 0.3 is 0 Å². The second-order valence-corrected chi connectivity index (χ2v) is 4.30. The summed E-state index contributed by atoms with van der Waals surface area (Å²) in [7, 11) is 0. The fourth-order valence-corrected chi connectivity index (χ4v) is 1.48. The molecule has 0 aromatic heterocycles. The molecule has 0 aliphatic carbocycles. The maximum absolute atomic E-state index is 11.8. The highest BCUT2D eigenvalue weighted by Crippen LogP contribution is 2.09. The summed E-state index contributed by atoms with van der Waals surface area (Å²) >= 11 is 0. The lowest BCUT2D eigenvalue weighted by Crippen LogP contribution is -2.28. The number of anilines is 1. The van der Waals surface area contributed by atoms with Crippen molar-refractivity contribution in [3.63, 3.8) is 0 Å². The van der Waals surface area contributed by atoms with E-state index in [0.717, 1.165) is 6.42 Å². The molecule has 0 spiro atoms. The summed E-state index contributed by atoms with van der Waals surface area (Å²) in [5.41, 5.74) is 1.20. The van der Waals surface area contributed by atoms with Crippen LogP contribution in [0.2, 0.25) is 0 Å². The van der Waals surface area contributed by atoms with E-state index in [1.807, 2.05) is 13.0 Å². The number of hydrogen-bond acceptors (Lipinski definition) is 4. The van der Waals surface area contributed by atoms with Crippen LogP contribution in [0.3, 0.4) is 0 Å². The van der Waals surface area contributed by atoms with Crippen LogP contribution in [-0.2, 0) is 14.3 Å². The highest BCUT2D eigenvalue weighted by molar-refractivity contribution is 5.93. The maximum Gasteiger partial charge on any atom is 0.253 e. The Morgan fingerprint density at radius 1 is 1.30 bits per heavy atom. The molecule has 108 valence electrons. The average molecular weight is 276 g/mol. The third-order valence-electron chi connectivity index (χ3n) is 2.59. The topological polar surface area (TPSA) is 71.3 Å². The normalized spacial score (nSPS) is 11.7. The van der Waals surface area contributed by atoms with Crippen molar-refractivity contribution in [2.75, 3.05) is 25.1 Å². The van der Waals surface area contributed by atoms with Crippen LogP contribution in [0.5, 0.6) is 0 Å². The number of rotatable bonds is 8. The van der Waals surface area contributed by atoms with Gasteiger partial charge in [0.05, 0.1) is 24.8 Å². The van der Waals surface area contributed by atoms with Crippen molar-refractivity contribution in [3.8, 4) is 6.07 Å². The van der Waals surface area contributed by atoms with Crippen molar-refractivity contribution in [1.82, 2.24) is 0 Å². The first-order chi connectivity index (χ1) is 9.67. The SMILES string of the molecule is CCCOCCOC(C)C(=O)Nc1ccc(C#N)cc1. The number of carbonyl (C=O) groups is 1. The number of amides is 1. The van der Waals surface area contributed by atoms with E-state index in [0.29, 0.717) is 31.1 Å². The number of ether oxygens (including phenoxy) is 2. The minimum atomic E-state index is -0.545. The summed E-state index contributed by atoms with van der Waals surface area (Å²) in [4.78, 5) is 11.8. The van der Waals surface area contributed by atoms with Gasteiger partial charge in [-0.15, -0.1) is 0 Å². The van der Waals surface area contributed by atoms with Crippen LogP contribution in [0.25, 0.3) is 0 Å². The number of hydrogen-bond donors (Lipinski definition) is 1. The lowest BCUT2D eigenvalue weighted by Gasteiger charge is -2.13. The van der Waals surface area contributed by atoms with Gasteiger partial charge in [0.25, 0.3) is 5.91 Å². The zero-order valence-corrected chi connectivity index (χ0v) is 11.9. The van der Waals surface area contributed by atoms with E-state index in [4.69, 9.17) is 14.7 Å². The molecular formula is C15H20N2O3. The van der Waals surface area contributed by atoms with Crippen molar-refractivity contribution in [2.24, 2.45) is 0 Å². The van der Waals surface area contributed by atoms with Gasteiger partial charge in [0.15, 0.2) is 0 Å². The minimum Gasteiger partial charge on any atom is -0.379 e. The monoisotopic (exact) mass is 276 g/mol. The summed E-state index contributed by atoms with van der Waals surface area (Å²) in [6, 6.07) is 8.70. The summed E-state index contributed by atoms with van der Waals surface area (Å²) in [5.74, 6) is -0.217. The summed E-state index contributed by atoms with van der Waals surface area (Å²) in [6.07, 6.45) is 0.422. The molecule has 1 aromatic rings. The van der Waals surface area contributed by atoms with E-state index >= 15 is 0 Å². The standard InChI is InChI=1S/C15H20N2O3/c1-3-8-19-9-10-20-12(2)15(18)17-14-6-4-13(11-16)5-7-14/h4-7,12H,3,8-10H2,1-2H3,(H,17,18). The molecule has 0 radical (unpaired) electrons. The van der Waals surface area contributed by atoms with E-state index in [2.05, 4.69) is 5.32 Å². The van der Waals surface area contributed by atoms with Crippen LogP contribution < -0.4 is 5.32 Å². The summed E-state index contributed by atoms with van der Waals surface area (Å²) in [6.45, 7) is 5.31. The van der Waals surface area contributed by atoms with Crippen LogP contribution >= 0.6 is 0 Å². The Morgan fingerprint density at radius 2 is 2.00 bits per heavy atom. The largest absolute Gasteiger partial charge is 0.379 e. The number of nitrogens with zero attached hydrogens (tertiary/aromatic N) is 1. The van der Waals surface area contributed by atoms with Gasteiger partial charge in [0, 0.05) is 12.3 Å². The third kappa shape index (κ3) is 5.83. The molecule has 0 saturated heterocycles. The first kappa shape index (κ1) is 16.2. The molecule has 1 rings (SSSR count). The average Bonchev–Trinajstić information content (AvgIpc) is 2.47. The van der Waals surface area contributed by atoms with Crippen LogP contribution in [0.15, 0.2) is 24.3 Å². The Hall–Kier alpha value is -1.90. The summed E-state index contributed by atoms with van der Waals surface area (Å²) in [5, 5.41) is 11.4. The van der Waals surface area contributed by atoms with Crippen molar-refractivity contribution >= 4 is 11.6 Å². The maximum atomic E-state index is 11.8. The first-order valence-electron chi connectivity index (χ1n) is 6.67. The van der Waals surface area contributed by atoms with Gasteiger partial charge in [-0.2, -0.15) is 5.26 Å². The second-order valence-electron chi connectivity index (χ2n) is 4.30. The highest BCUT2D eigenvalue weighted by Gasteiger charge is 2.13. The number of nitriles is 1. The fraction of sp³-hybridized carbons (Fsp3) is 0.467. The fourth-order valence-electron chi connectivity index (χ4n) is 1.48. The molecular weight excluding hydrogens is 256 g/mol. The van der Waals surface area contributed by atoms with Crippen LogP contribution in [0.4, 0.5) is 5.69 Å². The van der Waals surface area contributed by atoms with Crippen LogP contribution in [-0.4, -0.2) is 31.8 Å². The summed E-state index contributed by atoms with van der Waals surface area (Å²) < 4.78 is 10.6. The van der Waals surface area contributed by atoms with E-state index in [-0.39, 0.29) is 5.91 Å². The van der Waals surface area contributed by atoms with E-state index < -0.39 is 6.10 Å². The van der Waals surface area contributed by atoms with Crippen molar-refractivity contribution in [2.45, 2.75) is 26.4 Å². The number of carbonyl (C=O) groups excluding carboxylic acids is 1. The molecule has 0 aliphatic heterocycles. The molecule has 0 aliphatic rings. The van der Waals surface area contributed by atoms with E-state index in [9.17, 15) is 4.79 Å². The van der Waals surface area contributed by atoms with Crippen LogP contribution in [0.1, 0.15) is 25.8 Å². The van der Waals surface area contributed by atoms with E-state index in [1.54, 1.807) is 31.2 Å². The number of nitrogens with one attached hydrogen (secondary N) is 1. The zero-order chi connectivity index (χ0) is 14.8. The highest BCUT2D eigenvalue weighted by atomic mass is 16.5. The molecule has 1 aromatic carbocycles. The molecule has 5 heteroatoms. The Bertz CT molecular complexity index is 451. The predicted molar refractivity (Wildman–Crippen MR) is 76.3 cm³/mol. The minimum absolute atomic E-state index is 0.217. The lowest BCUT2D eigenvalue weighted by atomic mass is 10.2. The predicted octanol–water partition coefficient (Wildman–Crippen LogP) is 2.33. The Morgan fingerprint density at radius 3 is 2.60 bits per heavy atom. The first-order valence-corrected chi connectivity index (χ1v) is 6.67. The van der Waals surface area contributed by atoms with Gasteiger partial charge in [-0.1, -0.05) is 6.92 Å². The molecule has 1 atom stereocenters. The molecule has 0 heterocycles. The quantitative estimate of drug-likeness (QED) is 0.740. The zero-order valence-electron chi connectivity index (χ0n) is 11.9. The number of benzene rings is 1. The van der Waals surface area contributed by atoms with Gasteiger partial charge < -0.3 is 14.8 Å². The Balaban J connectivity index is 2.31. The molecule has 0 saturated carbocycles. The van der Waals surface area contributed by atoms with Crippen molar-refractivity contribution in [1.29, 1.82) is 5.26 Å². The van der Waals surface area contributed by atoms with Gasteiger partial charge in [0.1, 0.15) is 6.10 Å². The molecule has 0 fully saturated rings. The van der Waals surface area contributed by atoms with Gasteiger partial charge in [-0.3, -0.25) is 4.79 Å². The van der Waals surface area contributed by atoms with Gasteiger partial charge in [-0.05, 0) is 37.6 Å². The Kier molecular flexibility index (Phi) is 7.33. The van der Waals surface area contributed by atoms with Crippen molar-refractivity contribution in [3.05, 3.63) is 29.8 Å².